The highest BCUT2D eigenvalue weighted by Crippen LogP contribution is 2.36. The SMILES string of the molecule is CCNCc1cccc(Cl)c1OCC1Cc2ccccc21. The van der Waals surface area contributed by atoms with Gasteiger partial charge in [-0.3, -0.25) is 0 Å². The zero-order valence-electron chi connectivity index (χ0n) is 12.2. The van der Waals surface area contributed by atoms with Crippen LogP contribution in [0.2, 0.25) is 5.02 Å². The first-order valence-electron chi connectivity index (χ1n) is 7.48. The summed E-state index contributed by atoms with van der Waals surface area (Å²) in [7, 11) is 0. The topological polar surface area (TPSA) is 21.3 Å². The quantitative estimate of drug-likeness (QED) is 0.864. The number of benzene rings is 2. The Labute approximate surface area is 131 Å². The molecule has 0 heterocycles. The molecule has 1 N–H and O–H groups in total. The molecule has 2 nitrogen and oxygen atoms in total. The molecule has 3 rings (SSSR count). The molecule has 0 saturated carbocycles. The summed E-state index contributed by atoms with van der Waals surface area (Å²) in [5.41, 5.74) is 3.98. The number of hydrogen-bond acceptors (Lipinski definition) is 2. The third kappa shape index (κ3) is 3.07. The van der Waals surface area contributed by atoms with Crippen LogP contribution in [0.15, 0.2) is 42.5 Å². The summed E-state index contributed by atoms with van der Waals surface area (Å²) in [5, 5.41) is 4.02. The lowest BCUT2D eigenvalue weighted by molar-refractivity contribution is 0.272. The molecular weight excluding hydrogens is 282 g/mol. The Hall–Kier alpha value is -1.51. The summed E-state index contributed by atoms with van der Waals surface area (Å²) >= 11 is 6.30. The fourth-order valence-corrected chi connectivity index (χ4v) is 3.06. The van der Waals surface area contributed by atoms with Crippen molar-refractivity contribution in [3.63, 3.8) is 0 Å². The first kappa shape index (κ1) is 14.4. The highest BCUT2D eigenvalue weighted by molar-refractivity contribution is 6.32. The second kappa shape index (κ2) is 6.50. The summed E-state index contributed by atoms with van der Waals surface area (Å²) in [6, 6.07) is 14.5. The molecule has 0 radical (unpaired) electrons. The number of para-hydroxylation sites is 1. The predicted octanol–water partition coefficient (Wildman–Crippen LogP) is 4.17. The number of fused-ring (bicyclic) bond motifs is 1. The van der Waals surface area contributed by atoms with Gasteiger partial charge in [0.25, 0.3) is 0 Å². The molecule has 0 fully saturated rings. The Morgan fingerprint density at radius 3 is 2.86 bits per heavy atom. The zero-order valence-corrected chi connectivity index (χ0v) is 13.0. The van der Waals surface area contributed by atoms with E-state index < -0.39 is 0 Å². The van der Waals surface area contributed by atoms with Gasteiger partial charge in [-0.25, -0.2) is 0 Å². The van der Waals surface area contributed by atoms with Crippen molar-refractivity contribution >= 4 is 11.6 Å². The Balaban J connectivity index is 1.68. The summed E-state index contributed by atoms with van der Waals surface area (Å²) < 4.78 is 6.05. The molecule has 0 aliphatic heterocycles. The van der Waals surface area contributed by atoms with Crippen LogP contribution in [-0.2, 0) is 13.0 Å². The van der Waals surface area contributed by atoms with E-state index in [0.717, 1.165) is 30.8 Å². The lowest BCUT2D eigenvalue weighted by atomic mass is 9.78. The summed E-state index contributed by atoms with van der Waals surface area (Å²) in [4.78, 5) is 0. The van der Waals surface area contributed by atoms with Gasteiger partial charge < -0.3 is 10.1 Å². The average molecular weight is 302 g/mol. The minimum Gasteiger partial charge on any atom is -0.491 e. The van der Waals surface area contributed by atoms with E-state index in [-0.39, 0.29) is 0 Å². The average Bonchev–Trinajstić information content (AvgIpc) is 2.48. The van der Waals surface area contributed by atoms with E-state index in [4.69, 9.17) is 16.3 Å². The number of nitrogens with one attached hydrogen (secondary N) is 1. The molecule has 0 amide bonds. The van der Waals surface area contributed by atoms with E-state index in [2.05, 4.69) is 42.6 Å². The second-order valence-corrected chi connectivity index (χ2v) is 5.83. The Kier molecular flexibility index (Phi) is 4.47. The van der Waals surface area contributed by atoms with Crippen LogP contribution in [-0.4, -0.2) is 13.2 Å². The van der Waals surface area contributed by atoms with Crippen LogP contribution in [0.5, 0.6) is 5.75 Å². The van der Waals surface area contributed by atoms with E-state index in [9.17, 15) is 0 Å². The van der Waals surface area contributed by atoms with Crippen LogP contribution in [0.3, 0.4) is 0 Å². The molecule has 0 saturated heterocycles. The van der Waals surface area contributed by atoms with E-state index in [1.807, 2.05) is 12.1 Å². The van der Waals surface area contributed by atoms with Crippen molar-refractivity contribution in [2.75, 3.05) is 13.2 Å². The zero-order chi connectivity index (χ0) is 14.7. The molecule has 2 aromatic carbocycles. The van der Waals surface area contributed by atoms with Gasteiger partial charge in [0, 0.05) is 18.0 Å². The molecule has 1 aliphatic carbocycles. The monoisotopic (exact) mass is 301 g/mol. The minimum absolute atomic E-state index is 0.490. The smallest absolute Gasteiger partial charge is 0.142 e. The Morgan fingerprint density at radius 2 is 2.05 bits per heavy atom. The number of hydrogen-bond donors (Lipinski definition) is 1. The van der Waals surface area contributed by atoms with Gasteiger partial charge in [0.15, 0.2) is 0 Å². The second-order valence-electron chi connectivity index (χ2n) is 5.42. The van der Waals surface area contributed by atoms with E-state index in [0.29, 0.717) is 17.5 Å². The number of halogens is 1. The third-order valence-electron chi connectivity index (χ3n) is 4.00. The first-order valence-corrected chi connectivity index (χ1v) is 7.86. The molecule has 1 unspecified atom stereocenters. The molecule has 0 aromatic heterocycles. The first-order chi connectivity index (χ1) is 10.3. The van der Waals surface area contributed by atoms with Gasteiger partial charge in [-0.05, 0) is 30.2 Å². The lowest BCUT2D eigenvalue weighted by Gasteiger charge is -2.30. The molecule has 1 atom stereocenters. The highest BCUT2D eigenvalue weighted by Gasteiger charge is 2.26. The van der Waals surface area contributed by atoms with Crippen molar-refractivity contribution < 1.29 is 4.74 Å². The van der Waals surface area contributed by atoms with Gasteiger partial charge in [-0.15, -0.1) is 0 Å². The van der Waals surface area contributed by atoms with Gasteiger partial charge in [0.2, 0.25) is 0 Å². The third-order valence-corrected chi connectivity index (χ3v) is 4.30. The van der Waals surface area contributed by atoms with E-state index >= 15 is 0 Å². The maximum absolute atomic E-state index is 6.30. The fraction of sp³-hybridized carbons (Fsp3) is 0.333. The van der Waals surface area contributed by atoms with Crippen molar-refractivity contribution in [3.05, 3.63) is 64.2 Å². The Morgan fingerprint density at radius 1 is 1.19 bits per heavy atom. The summed E-state index contributed by atoms with van der Waals surface area (Å²) in [5.74, 6) is 1.31. The van der Waals surface area contributed by atoms with Crippen molar-refractivity contribution in [1.29, 1.82) is 0 Å². The maximum Gasteiger partial charge on any atom is 0.142 e. The van der Waals surface area contributed by atoms with E-state index in [1.54, 1.807) is 0 Å². The van der Waals surface area contributed by atoms with Crippen molar-refractivity contribution in [3.8, 4) is 5.75 Å². The van der Waals surface area contributed by atoms with Gasteiger partial charge in [-0.1, -0.05) is 54.9 Å². The van der Waals surface area contributed by atoms with Gasteiger partial charge in [0.05, 0.1) is 11.6 Å². The fourth-order valence-electron chi connectivity index (χ4n) is 2.81. The van der Waals surface area contributed by atoms with Gasteiger partial charge >= 0.3 is 0 Å². The van der Waals surface area contributed by atoms with Crippen molar-refractivity contribution in [2.45, 2.75) is 25.8 Å². The molecular formula is C18H20ClNO. The molecule has 3 heteroatoms. The van der Waals surface area contributed by atoms with Crippen LogP contribution in [0.1, 0.15) is 29.5 Å². The molecule has 1 aliphatic rings. The summed E-state index contributed by atoms with van der Waals surface area (Å²) in [6.45, 7) is 4.51. The molecule has 0 bridgehead atoms. The highest BCUT2D eigenvalue weighted by atomic mass is 35.5. The van der Waals surface area contributed by atoms with Gasteiger partial charge in [-0.2, -0.15) is 0 Å². The van der Waals surface area contributed by atoms with Crippen molar-refractivity contribution in [2.24, 2.45) is 0 Å². The molecule has 21 heavy (non-hydrogen) atoms. The molecule has 110 valence electrons. The van der Waals surface area contributed by atoms with Crippen molar-refractivity contribution in [1.82, 2.24) is 5.32 Å². The minimum atomic E-state index is 0.490. The summed E-state index contributed by atoms with van der Waals surface area (Å²) in [6.07, 6.45) is 1.10. The van der Waals surface area contributed by atoms with Crippen LogP contribution in [0, 0.1) is 0 Å². The predicted molar refractivity (Wildman–Crippen MR) is 87.2 cm³/mol. The van der Waals surface area contributed by atoms with Crippen LogP contribution in [0.4, 0.5) is 0 Å². The normalized spacial score (nSPS) is 16.2. The molecule has 0 spiro atoms. The van der Waals surface area contributed by atoms with Crippen LogP contribution >= 0.6 is 11.6 Å². The van der Waals surface area contributed by atoms with Crippen LogP contribution in [0.25, 0.3) is 0 Å². The number of ether oxygens (including phenoxy) is 1. The van der Waals surface area contributed by atoms with Gasteiger partial charge in [0.1, 0.15) is 5.75 Å². The standard InChI is InChI=1S/C18H20ClNO/c1-2-20-11-14-7-5-9-17(19)18(14)21-12-15-10-13-6-3-4-8-16(13)15/h3-9,15,20H,2,10-12H2,1H3. The van der Waals surface area contributed by atoms with Crippen LogP contribution < -0.4 is 10.1 Å². The lowest BCUT2D eigenvalue weighted by Crippen LogP contribution is -2.23. The molecule has 2 aromatic rings. The Bertz CT molecular complexity index is 626. The largest absolute Gasteiger partial charge is 0.491 e. The maximum atomic E-state index is 6.30. The van der Waals surface area contributed by atoms with E-state index in [1.165, 1.54) is 11.1 Å². The number of rotatable bonds is 6.